The second-order valence-corrected chi connectivity index (χ2v) is 1.09. The Morgan fingerprint density at radius 2 is 1.75 bits per heavy atom. The molecule has 0 saturated carbocycles. The lowest BCUT2D eigenvalue weighted by atomic mass is 10.4. The van der Waals surface area contributed by atoms with Crippen molar-refractivity contribution in [1.82, 2.24) is 0 Å². The van der Waals surface area contributed by atoms with Gasteiger partial charge in [0.1, 0.15) is 0 Å². The first-order valence-electron chi connectivity index (χ1n) is 1.82. The van der Waals surface area contributed by atoms with Crippen LogP contribution in [0.1, 0.15) is 6.92 Å². The van der Waals surface area contributed by atoms with Crippen LogP contribution in [0, 0.1) is 0 Å². The van der Waals surface area contributed by atoms with E-state index in [1.807, 2.05) is 0 Å². The number of carbonyl (C=O) groups is 1. The molecule has 0 aromatic heterocycles. The molecular formula is C4H8O3Si. The monoisotopic (exact) mass is 132 g/mol. The summed E-state index contributed by atoms with van der Waals surface area (Å²) in [7, 11) is 0.611. The van der Waals surface area contributed by atoms with Crippen molar-refractivity contribution < 1.29 is 14.4 Å². The Kier molecular flexibility index (Phi) is 7.98. The van der Waals surface area contributed by atoms with Gasteiger partial charge in [0.15, 0.2) is 0 Å². The molecule has 0 atom stereocenters. The average Bonchev–Trinajstić information content (AvgIpc) is 1.72. The Morgan fingerprint density at radius 3 is 1.75 bits per heavy atom. The Balaban J connectivity index is 0. The zero-order chi connectivity index (χ0) is 7.15. The minimum absolute atomic E-state index is 0.176. The van der Waals surface area contributed by atoms with Gasteiger partial charge >= 0.3 is 5.97 Å². The molecule has 0 unspecified atom stereocenters. The summed E-state index contributed by atoms with van der Waals surface area (Å²) in [6, 6.07) is 0. The van der Waals surface area contributed by atoms with E-state index >= 15 is 0 Å². The number of carboxylic acids is 1. The summed E-state index contributed by atoms with van der Waals surface area (Å²) in [5.74, 6) is -0.935. The highest BCUT2D eigenvalue weighted by molar-refractivity contribution is 5.85. The van der Waals surface area contributed by atoms with Gasteiger partial charge in [-0.05, 0) is 6.92 Å². The van der Waals surface area contributed by atoms with E-state index in [-0.39, 0.29) is 5.57 Å². The van der Waals surface area contributed by atoms with Gasteiger partial charge in [-0.15, -0.1) is 0 Å². The van der Waals surface area contributed by atoms with Crippen LogP contribution in [-0.2, 0) is 9.26 Å². The lowest BCUT2D eigenvalue weighted by Gasteiger charge is -1.79. The molecular weight excluding hydrogens is 124 g/mol. The van der Waals surface area contributed by atoms with Crippen LogP contribution < -0.4 is 0 Å². The quantitative estimate of drug-likeness (QED) is 0.390. The van der Waals surface area contributed by atoms with E-state index in [9.17, 15) is 4.79 Å². The maximum atomic E-state index is 9.60. The molecule has 0 fully saturated rings. The molecule has 8 heavy (non-hydrogen) atoms. The number of hydrogen-bond acceptors (Lipinski definition) is 2. The van der Waals surface area contributed by atoms with E-state index in [1.54, 1.807) is 0 Å². The molecule has 0 aliphatic heterocycles. The lowest BCUT2D eigenvalue weighted by Crippen LogP contribution is -1.92. The Bertz CT molecular complexity index is 87.5. The van der Waals surface area contributed by atoms with E-state index in [0.717, 1.165) is 0 Å². The predicted octanol–water partition coefficient (Wildman–Crippen LogP) is -0.388. The van der Waals surface area contributed by atoms with Crippen molar-refractivity contribution in [2.45, 2.75) is 6.92 Å². The van der Waals surface area contributed by atoms with Crippen molar-refractivity contribution in [2.24, 2.45) is 0 Å². The van der Waals surface area contributed by atoms with Crippen LogP contribution in [0.2, 0.25) is 0 Å². The summed E-state index contributed by atoms with van der Waals surface area (Å²) in [6.07, 6.45) is 0. The van der Waals surface area contributed by atoms with Gasteiger partial charge in [0.25, 0.3) is 0 Å². The molecule has 0 heterocycles. The van der Waals surface area contributed by atoms with Gasteiger partial charge in [-0.1, -0.05) is 6.58 Å². The van der Waals surface area contributed by atoms with Crippen LogP contribution in [0.3, 0.4) is 0 Å². The number of rotatable bonds is 1. The van der Waals surface area contributed by atoms with E-state index in [4.69, 9.17) is 9.57 Å². The van der Waals surface area contributed by atoms with Gasteiger partial charge in [-0.2, -0.15) is 0 Å². The predicted molar refractivity (Wildman–Crippen MR) is 31.7 cm³/mol. The summed E-state index contributed by atoms with van der Waals surface area (Å²) in [5.41, 5.74) is 0.176. The first kappa shape index (κ1) is 10.3. The molecule has 0 aliphatic carbocycles. The molecule has 0 aromatic rings. The molecule has 4 heteroatoms. The average molecular weight is 132 g/mol. The van der Waals surface area contributed by atoms with E-state index in [2.05, 4.69) is 6.58 Å². The van der Waals surface area contributed by atoms with Crippen LogP contribution in [0.5, 0.6) is 0 Å². The summed E-state index contributed by atoms with van der Waals surface area (Å²) in [5, 5.41) is 7.89. The topological polar surface area (TPSA) is 54.4 Å². The normalized spacial score (nSPS) is 6.12. The molecule has 46 valence electrons. The third-order valence-corrected chi connectivity index (χ3v) is 0.365. The SMILES string of the molecule is C=C(C)C(=O)O.O=[SiH2]. The Hall–Kier alpha value is -0.773. The lowest BCUT2D eigenvalue weighted by molar-refractivity contribution is -0.132. The minimum Gasteiger partial charge on any atom is -0.478 e. The van der Waals surface area contributed by atoms with Crippen molar-refractivity contribution in [3.63, 3.8) is 0 Å². The summed E-state index contributed by atoms with van der Waals surface area (Å²) in [4.78, 5) is 9.60. The van der Waals surface area contributed by atoms with Crippen LogP contribution in [0.15, 0.2) is 12.2 Å². The zero-order valence-electron chi connectivity index (χ0n) is 4.68. The first-order chi connectivity index (χ1) is 3.64. The van der Waals surface area contributed by atoms with Crippen molar-refractivity contribution >= 4 is 16.1 Å². The van der Waals surface area contributed by atoms with Crippen LogP contribution in [-0.4, -0.2) is 21.2 Å². The minimum atomic E-state index is -0.935. The van der Waals surface area contributed by atoms with Gasteiger partial charge in [0.05, 0.1) is 0 Å². The second kappa shape index (κ2) is 6.23. The highest BCUT2D eigenvalue weighted by Gasteiger charge is 1.90. The molecule has 0 saturated heterocycles. The van der Waals surface area contributed by atoms with Crippen LogP contribution in [0.25, 0.3) is 0 Å². The largest absolute Gasteiger partial charge is 0.478 e. The smallest absolute Gasteiger partial charge is 0.330 e. The Morgan fingerprint density at radius 1 is 1.62 bits per heavy atom. The van der Waals surface area contributed by atoms with Crippen molar-refractivity contribution in [3.8, 4) is 0 Å². The molecule has 0 spiro atoms. The third kappa shape index (κ3) is 8.97. The van der Waals surface area contributed by atoms with Crippen LogP contribution in [0.4, 0.5) is 0 Å². The number of carboxylic acid groups (broad SMARTS) is 1. The number of aliphatic carboxylic acids is 1. The van der Waals surface area contributed by atoms with Crippen molar-refractivity contribution in [1.29, 1.82) is 0 Å². The van der Waals surface area contributed by atoms with Crippen molar-refractivity contribution in [3.05, 3.63) is 12.2 Å². The van der Waals surface area contributed by atoms with Gasteiger partial charge in [-0.25, -0.2) is 4.79 Å². The van der Waals surface area contributed by atoms with Crippen molar-refractivity contribution in [2.75, 3.05) is 0 Å². The highest BCUT2D eigenvalue weighted by Crippen LogP contribution is 1.81. The van der Waals surface area contributed by atoms with E-state index < -0.39 is 5.97 Å². The fourth-order valence-electron chi connectivity index (χ4n) is 0. The van der Waals surface area contributed by atoms with Gasteiger partial charge in [0.2, 0.25) is 10.1 Å². The van der Waals surface area contributed by atoms with Gasteiger partial charge < -0.3 is 9.57 Å². The van der Waals surface area contributed by atoms with Gasteiger partial charge in [-0.3, -0.25) is 0 Å². The molecule has 0 rings (SSSR count). The molecule has 0 amide bonds. The zero-order valence-corrected chi connectivity index (χ0v) is 6.09. The van der Waals surface area contributed by atoms with E-state index in [1.165, 1.54) is 6.92 Å². The van der Waals surface area contributed by atoms with Crippen LogP contribution >= 0.6 is 0 Å². The highest BCUT2D eigenvalue weighted by atomic mass is 28.1. The molecule has 0 bridgehead atoms. The van der Waals surface area contributed by atoms with E-state index in [0.29, 0.717) is 10.1 Å². The maximum Gasteiger partial charge on any atom is 0.330 e. The molecule has 0 radical (unpaired) electrons. The molecule has 0 aliphatic rings. The Labute approximate surface area is 50.5 Å². The molecule has 3 nitrogen and oxygen atoms in total. The second-order valence-electron chi connectivity index (χ2n) is 1.09. The summed E-state index contributed by atoms with van der Waals surface area (Å²) in [6.45, 7) is 4.60. The standard InChI is InChI=1S/C4H6O2.H2OSi/c1-3(2)4(5)6;1-2/h1H2,2H3,(H,5,6);2H2. The maximum absolute atomic E-state index is 9.60. The molecule has 0 aromatic carbocycles. The fraction of sp³-hybridized carbons (Fsp3) is 0.250. The first-order valence-corrected chi connectivity index (χ1v) is 2.40. The fourth-order valence-corrected chi connectivity index (χ4v) is 0. The third-order valence-electron chi connectivity index (χ3n) is 0.365. The number of hydrogen-bond donors (Lipinski definition) is 1. The summed E-state index contributed by atoms with van der Waals surface area (Å²) >= 11 is 0. The summed E-state index contributed by atoms with van der Waals surface area (Å²) < 4.78 is 8.28. The molecule has 1 N–H and O–H groups in total. The van der Waals surface area contributed by atoms with Gasteiger partial charge in [0, 0.05) is 5.57 Å².